The molecule has 0 spiro atoms. The highest BCUT2D eigenvalue weighted by Gasteiger charge is 2.38. The summed E-state index contributed by atoms with van der Waals surface area (Å²) in [5.41, 5.74) is -0.482. The molecular weight excluding hydrogens is 376 g/mol. The number of ether oxygens (including phenoxy) is 1. The SMILES string of the molecule is CN(C)CCCOc1cc2c(cc1[N+](=O)[O-])C(=O)N(CCCO[N+](=O)[O-])C2=O. The maximum Gasteiger partial charge on any atom is 0.311 e. The van der Waals surface area contributed by atoms with Crippen molar-refractivity contribution in [1.29, 1.82) is 0 Å². The summed E-state index contributed by atoms with van der Waals surface area (Å²) in [5, 5.41) is 20.5. The van der Waals surface area contributed by atoms with Crippen molar-refractivity contribution in [3.05, 3.63) is 43.5 Å². The zero-order chi connectivity index (χ0) is 20.8. The van der Waals surface area contributed by atoms with Gasteiger partial charge < -0.3 is 14.5 Å². The first-order valence-electron chi connectivity index (χ1n) is 8.45. The predicted molar refractivity (Wildman–Crippen MR) is 94.7 cm³/mol. The molecule has 0 fully saturated rings. The topological polar surface area (TPSA) is 145 Å². The van der Waals surface area contributed by atoms with Gasteiger partial charge in [-0.3, -0.25) is 24.6 Å². The molecule has 0 aliphatic carbocycles. The summed E-state index contributed by atoms with van der Waals surface area (Å²) >= 11 is 0. The molecule has 1 aromatic rings. The first-order valence-corrected chi connectivity index (χ1v) is 8.45. The number of amides is 2. The van der Waals surface area contributed by atoms with Gasteiger partial charge in [0.25, 0.3) is 16.9 Å². The number of benzene rings is 1. The van der Waals surface area contributed by atoms with E-state index in [-0.39, 0.29) is 43.1 Å². The normalized spacial score (nSPS) is 13.0. The highest BCUT2D eigenvalue weighted by molar-refractivity contribution is 6.21. The van der Waals surface area contributed by atoms with Gasteiger partial charge in [0.1, 0.15) is 0 Å². The van der Waals surface area contributed by atoms with Crippen molar-refractivity contribution in [2.24, 2.45) is 0 Å². The van der Waals surface area contributed by atoms with Crippen molar-refractivity contribution in [1.82, 2.24) is 9.80 Å². The highest BCUT2D eigenvalue weighted by Crippen LogP contribution is 2.35. The lowest BCUT2D eigenvalue weighted by atomic mass is 10.1. The summed E-state index contributed by atoms with van der Waals surface area (Å²) in [4.78, 5) is 52.7. The second-order valence-electron chi connectivity index (χ2n) is 6.30. The Morgan fingerprint density at radius 2 is 1.68 bits per heavy atom. The van der Waals surface area contributed by atoms with E-state index in [4.69, 9.17) is 4.74 Å². The standard InChI is InChI=1S/C16H20N4O8/c1-17(2)5-3-7-27-14-10-12-11(9-13(14)19(23)24)15(21)18(16(12)22)6-4-8-28-20(25)26/h9-10H,3-8H2,1-2H3. The fourth-order valence-corrected chi connectivity index (χ4v) is 2.69. The largest absolute Gasteiger partial charge is 0.487 e. The summed E-state index contributed by atoms with van der Waals surface area (Å²) in [6, 6.07) is 2.24. The third-order valence-corrected chi connectivity index (χ3v) is 3.98. The summed E-state index contributed by atoms with van der Waals surface area (Å²) in [5.74, 6) is -1.40. The Morgan fingerprint density at radius 1 is 1.04 bits per heavy atom. The molecule has 12 nitrogen and oxygen atoms in total. The molecule has 0 atom stereocenters. The van der Waals surface area contributed by atoms with Crippen LogP contribution < -0.4 is 4.74 Å². The average Bonchev–Trinajstić information content (AvgIpc) is 2.85. The Morgan fingerprint density at radius 3 is 2.25 bits per heavy atom. The molecule has 0 N–H and O–H groups in total. The van der Waals surface area contributed by atoms with Gasteiger partial charge in [-0.25, -0.2) is 0 Å². The zero-order valence-corrected chi connectivity index (χ0v) is 15.5. The van der Waals surface area contributed by atoms with Crippen LogP contribution in [0.1, 0.15) is 33.6 Å². The molecule has 12 heteroatoms. The third-order valence-electron chi connectivity index (χ3n) is 3.98. The van der Waals surface area contributed by atoms with Crippen molar-refractivity contribution in [2.75, 3.05) is 40.4 Å². The Labute approximate surface area is 159 Å². The van der Waals surface area contributed by atoms with E-state index in [0.29, 0.717) is 6.42 Å². The van der Waals surface area contributed by atoms with Crippen molar-refractivity contribution >= 4 is 17.5 Å². The molecule has 0 unspecified atom stereocenters. The number of imide groups is 1. The van der Waals surface area contributed by atoms with Crippen LogP contribution in [-0.4, -0.2) is 72.0 Å². The van der Waals surface area contributed by atoms with Crippen LogP contribution in [0.15, 0.2) is 12.1 Å². The molecule has 152 valence electrons. The minimum atomic E-state index is -0.967. The minimum absolute atomic E-state index is 0.00778. The van der Waals surface area contributed by atoms with E-state index in [1.165, 1.54) is 6.07 Å². The fourth-order valence-electron chi connectivity index (χ4n) is 2.69. The fraction of sp³-hybridized carbons (Fsp3) is 0.500. The molecule has 2 amide bonds. The molecule has 28 heavy (non-hydrogen) atoms. The number of nitro groups is 1. The van der Waals surface area contributed by atoms with Gasteiger partial charge in [0.15, 0.2) is 5.75 Å². The van der Waals surface area contributed by atoms with Crippen LogP contribution in [0.3, 0.4) is 0 Å². The number of carbonyl (C=O) groups excluding carboxylic acids is 2. The van der Waals surface area contributed by atoms with E-state index >= 15 is 0 Å². The predicted octanol–water partition coefficient (Wildman–Crippen LogP) is 1.12. The molecule has 0 bridgehead atoms. The summed E-state index contributed by atoms with van der Waals surface area (Å²) < 4.78 is 5.47. The molecular formula is C16H20N4O8. The number of carbonyl (C=O) groups is 2. The Hall–Kier alpha value is -3.28. The first-order chi connectivity index (χ1) is 13.2. The third kappa shape index (κ3) is 4.91. The van der Waals surface area contributed by atoms with Gasteiger partial charge >= 0.3 is 5.69 Å². The second kappa shape index (κ2) is 9.08. The van der Waals surface area contributed by atoms with Gasteiger partial charge in [-0.15, -0.1) is 10.1 Å². The van der Waals surface area contributed by atoms with E-state index in [1.54, 1.807) is 0 Å². The van der Waals surface area contributed by atoms with Crippen LogP contribution in [0.2, 0.25) is 0 Å². The van der Waals surface area contributed by atoms with Crippen LogP contribution >= 0.6 is 0 Å². The smallest absolute Gasteiger partial charge is 0.311 e. The van der Waals surface area contributed by atoms with Crippen LogP contribution in [0.4, 0.5) is 5.69 Å². The Kier molecular flexibility index (Phi) is 6.82. The lowest BCUT2D eigenvalue weighted by Crippen LogP contribution is -2.31. The molecule has 1 aromatic carbocycles. The number of nitrogens with zero attached hydrogens (tertiary/aromatic N) is 4. The van der Waals surface area contributed by atoms with Crippen LogP contribution in [0.25, 0.3) is 0 Å². The van der Waals surface area contributed by atoms with Crippen molar-refractivity contribution in [3.63, 3.8) is 0 Å². The number of hydrogen-bond acceptors (Lipinski definition) is 9. The maximum atomic E-state index is 12.5. The van der Waals surface area contributed by atoms with E-state index in [0.717, 1.165) is 17.5 Å². The van der Waals surface area contributed by atoms with E-state index in [2.05, 4.69) is 4.84 Å². The Balaban J connectivity index is 2.15. The molecule has 0 radical (unpaired) electrons. The summed E-state index contributed by atoms with van der Waals surface area (Å²) in [6.45, 7) is 0.547. The second-order valence-corrected chi connectivity index (χ2v) is 6.30. The van der Waals surface area contributed by atoms with Crippen molar-refractivity contribution in [3.8, 4) is 5.75 Å². The van der Waals surface area contributed by atoms with E-state index < -0.39 is 27.5 Å². The van der Waals surface area contributed by atoms with Gasteiger partial charge in [0, 0.05) is 25.2 Å². The monoisotopic (exact) mass is 396 g/mol. The molecule has 1 aliphatic rings. The first kappa shape index (κ1) is 21.0. The van der Waals surface area contributed by atoms with Gasteiger partial charge in [-0.05, 0) is 26.9 Å². The van der Waals surface area contributed by atoms with Crippen molar-refractivity contribution < 1.29 is 29.2 Å². The number of fused-ring (bicyclic) bond motifs is 1. The average molecular weight is 396 g/mol. The van der Waals surface area contributed by atoms with Gasteiger partial charge in [-0.1, -0.05) is 0 Å². The van der Waals surface area contributed by atoms with Crippen molar-refractivity contribution in [2.45, 2.75) is 12.8 Å². The molecule has 1 heterocycles. The van der Waals surface area contributed by atoms with E-state index in [9.17, 15) is 29.8 Å². The van der Waals surface area contributed by atoms with Crippen LogP contribution in [0, 0.1) is 20.2 Å². The van der Waals surface area contributed by atoms with Gasteiger partial charge in [0.05, 0.1) is 29.3 Å². The summed E-state index contributed by atoms with van der Waals surface area (Å²) in [6.07, 6.45) is 0.680. The number of rotatable bonds is 11. The van der Waals surface area contributed by atoms with Gasteiger partial charge in [0.2, 0.25) is 0 Å². The maximum absolute atomic E-state index is 12.5. The highest BCUT2D eigenvalue weighted by atomic mass is 16.9. The molecule has 0 aromatic heterocycles. The molecule has 0 saturated carbocycles. The quantitative estimate of drug-likeness (QED) is 0.232. The zero-order valence-electron chi connectivity index (χ0n) is 15.5. The van der Waals surface area contributed by atoms with Gasteiger partial charge in [-0.2, -0.15) is 0 Å². The number of hydrogen-bond donors (Lipinski definition) is 0. The number of nitro benzene ring substituents is 1. The summed E-state index contributed by atoms with van der Waals surface area (Å²) in [7, 11) is 3.76. The molecule has 2 rings (SSSR count). The molecule has 1 aliphatic heterocycles. The van der Waals surface area contributed by atoms with Crippen LogP contribution in [0.5, 0.6) is 5.75 Å². The lowest BCUT2D eigenvalue weighted by Gasteiger charge is -2.12. The minimum Gasteiger partial charge on any atom is -0.487 e. The lowest BCUT2D eigenvalue weighted by molar-refractivity contribution is -0.757. The van der Waals surface area contributed by atoms with E-state index in [1.807, 2.05) is 19.0 Å². The Bertz CT molecular complexity index is 795. The van der Waals surface area contributed by atoms with Crippen LogP contribution in [-0.2, 0) is 4.84 Å². The molecule has 0 saturated heterocycles.